The van der Waals surface area contributed by atoms with Crippen LogP contribution >= 0.6 is 11.6 Å². The van der Waals surface area contributed by atoms with Gasteiger partial charge in [0.2, 0.25) is 5.91 Å². The van der Waals surface area contributed by atoms with E-state index in [0.29, 0.717) is 10.6 Å². The van der Waals surface area contributed by atoms with Crippen molar-refractivity contribution in [3.63, 3.8) is 0 Å². The fourth-order valence-corrected chi connectivity index (χ4v) is 1.34. The van der Waals surface area contributed by atoms with Gasteiger partial charge in [0.05, 0.1) is 12.0 Å². The summed E-state index contributed by atoms with van der Waals surface area (Å²) in [5, 5.41) is 0.476. The van der Waals surface area contributed by atoms with Crippen LogP contribution in [-0.2, 0) is 9.53 Å². The lowest BCUT2D eigenvalue weighted by Gasteiger charge is -2.10. The van der Waals surface area contributed by atoms with Crippen molar-refractivity contribution in [2.45, 2.75) is 6.42 Å². The van der Waals surface area contributed by atoms with Crippen molar-refractivity contribution in [3.05, 3.63) is 34.9 Å². The SMILES string of the molecule is CN(C)C(=O)CCOC(=O)c1cccc(Cl)c1. The summed E-state index contributed by atoms with van der Waals surface area (Å²) >= 11 is 5.75. The Morgan fingerprint density at radius 3 is 2.65 bits per heavy atom. The third kappa shape index (κ3) is 4.44. The lowest BCUT2D eigenvalue weighted by Crippen LogP contribution is -2.23. The molecule has 0 fully saturated rings. The van der Waals surface area contributed by atoms with Crippen molar-refractivity contribution < 1.29 is 14.3 Å². The molecule has 0 radical (unpaired) electrons. The number of amides is 1. The van der Waals surface area contributed by atoms with Crippen LogP contribution in [0, 0.1) is 0 Å². The Labute approximate surface area is 105 Å². The number of carbonyl (C=O) groups is 2. The third-order valence-corrected chi connectivity index (χ3v) is 2.34. The molecule has 0 saturated carbocycles. The van der Waals surface area contributed by atoms with E-state index >= 15 is 0 Å². The number of benzene rings is 1. The van der Waals surface area contributed by atoms with E-state index < -0.39 is 5.97 Å². The lowest BCUT2D eigenvalue weighted by atomic mass is 10.2. The summed E-state index contributed by atoms with van der Waals surface area (Å²) in [5.74, 6) is -0.553. The van der Waals surface area contributed by atoms with Crippen molar-refractivity contribution in [2.75, 3.05) is 20.7 Å². The zero-order valence-corrected chi connectivity index (χ0v) is 10.5. The number of rotatable bonds is 4. The van der Waals surface area contributed by atoms with E-state index in [-0.39, 0.29) is 18.9 Å². The van der Waals surface area contributed by atoms with Gasteiger partial charge in [-0.25, -0.2) is 4.79 Å². The van der Waals surface area contributed by atoms with Crippen LogP contribution in [0.15, 0.2) is 24.3 Å². The number of nitrogens with zero attached hydrogens (tertiary/aromatic N) is 1. The van der Waals surface area contributed by atoms with Gasteiger partial charge in [-0.15, -0.1) is 0 Å². The van der Waals surface area contributed by atoms with E-state index in [9.17, 15) is 9.59 Å². The quantitative estimate of drug-likeness (QED) is 0.773. The van der Waals surface area contributed by atoms with Crippen LogP contribution in [-0.4, -0.2) is 37.5 Å². The first-order valence-corrected chi connectivity index (χ1v) is 5.51. The van der Waals surface area contributed by atoms with Gasteiger partial charge in [0.15, 0.2) is 0 Å². The number of hydrogen-bond donors (Lipinski definition) is 0. The highest BCUT2D eigenvalue weighted by Gasteiger charge is 2.09. The maximum atomic E-state index is 11.5. The van der Waals surface area contributed by atoms with Crippen LogP contribution in [0.5, 0.6) is 0 Å². The molecule has 1 aromatic carbocycles. The minimum absolute atomic E-state index is 0.0718. The Hall–Kier alpha value is -1.55. The second-order valence-electron chi connectivity index (χ2n) is 3.68. The van der Waals surface area contributed by atoms with Crippen molar-refractivity contribution in [1.82, 2.24) is 4.90 Å². The minimum Gasteiger partial charge on any atom is -0.462 e. The van der Waals surface area contributed by atoms with Crippen LogP contribution in [0.4, 0.5) is 0 Å². The maximum Gasteiger partial charge on any atom is 0.338 e. The van der Waals surface area contributed by atoms with Gasteiger partial charge in [0, 0.05) is 19.1 Å². The van der Waals surface area contributed by atoms with Crippen LogP contribution in [0.2, 0.25) is 5.02 Å². The Bertz CT molecular complexity index is 418. The standard InChI is InChI=1S/C12H14ClNO3/c1-14(2)11(15)6-7-17-12(16)9-4-3-5-10(13)8-9/h3-5,8H,6-7H2,1-2H3. The van der Waals surface area contributed by atoms with Gasteiger partial charge < -0.3 is 9.64 Å². The lowest BCUT2D eigenvalue weighted by molar-refractivity contribution is -0.129. The van der Waals surface area contributed by atoms with E-state index in [1.165, 1.54) is 11.0 Å². The van der Waals surface area contributed by atoms with Gasteiger partial charge >= 0.3 is 5.97 Å². The highest BCUT2D eigenvalue weighted by atomic mass is 35.5. The molecule has 1 aromatic rings. The van der Waals surface area contributed by atoms with E-state index in [0.717, 1.165) is 0 Å². The fraction of sp³-hybridized carbons (Fsp3) is 0.333. The molecule has 0 saturated heterocycles. The zero-order valence-electron chi connectivity index (χ0n) is 9.77. The average Bonchev–Trinajstić information content (AvgIpc) is 2.28. The Kier molecular flexibility index (Phi) is 4.97. The molecule has 0 bridgehead atoms. The monoisotopic (exact) mass is 255 g/mol. The molecule has 1 rings (SSSR count). The van der Waals surface area contributed by atoms with Crippen molar-refractivity contribution in [2.24, 2.45) is 0 Å². The van der Waals surface area contributed by atoms with E-state index in [4.69, 9.17) is 16.3 Å². The molecule has 1 amide bonds. The minimum atomic E-state index is -0.473. The van der Waals surface area contributed by atoms with Crippen LogP contribution in [0.1, 0.15) is 16.8 Å². The molecule has 0 aliphatic carbocycles. The van der Waals surface area contributed by atoms with Crippen LogP contribution in [0.25, 0.3) is 0 Å². The number of hydrogen-bond acceptors (Lipinski definition) is 3. The Balaban J connectivity index is 2.43. The molecule has 4 nitrogen and oxygen atoms in total. The smallest absolute Gasteiger partial charge is 0.338 e. The van der Waals surface area contributed by atoms with Gasteiger partial charge in [-0.1, -0.05) is 17.7 Å². The first kappa shape index (κ1) is 13.5. The molecule has 92 valence electrons. The fourth-order valence-electron chi connectivity index (χ4n) is 1.15. The normalized spacial score (nSPS) is 9.82. The van der Waals surface area contributed by atoms with E-state index in [1.807, 2.05) is 0 Å². The predicted molar refractivity (Wildman–Crippen MR) is 65.0 cm³/mol. The van der Waals surface area contributed by atoms with Crippen molar-refractivity contribution in [3.8, 4) is 0 Å². The first-order chi connectivity index (χ1) is 8.00. The Morgan fingerprint density at radius 2 is 2.06 bits per heavy atom. The number of carbonyl (C=O) groups excluding carboxylic acids is 2. The average molecular weight is 256 g/mol. The molecule has 0 aromatic heterocycles. The summed E-state index contributed by atoms with van der Waals surface area (Å²) in [6, 6.07) is 6.48. The largest absolute Gasteiger partial charge is 0.462 e. The summed E-state index contributed by atoms with van der Waals surface area (Å²) in [4.78, 5) is 24.2. The van der Waals surface area contributed by atoms with E-state index in [1.54, 1.807) is 32.3 Å². The predicted octanol–water partition coefficient (Wildman–Crippen LogP) is 1.98. The van der Waals surface area contributed by atoms with Crippen LogP contribution < -0.4 is 0 Å². The molecule has 0 aliphatic rings. The first-order valence-electron chi connectivity index (χ1n) is 5.13. The topological polar surface area (TPSA) is 46.6 Å². The molecule has 0 atom stereocenters. The molecule has 17 heavy (non-hydrogen) atoms. The van der Waals surface area contributed by atoms with Gasteiger partial charge in [-0.3, -0.25) is 4.79 Å². The highest BCUT2D eigenvalue weighted by Crippen LogP contribution is 2.11. The Morgan fingerprint density at radius 1 is 1.35 bits per heavy atom. The molecule has 5 heteroatoms. The summed E-state index contributed by atoms with van der Waals surface area (Å²) in [7, 11) is 3.31. The summed E-state index contributed by atoms with van der Waals surface area (Å²) < 4.78 is 4.96. The van der Waals surface area contributed by atoms with Gasteiger partial charge in [0.25, 0.3) is 0 Å². The molecular formula is C12H14ClNO3. The second-order valence-corrected chi connectivity index (χ2v) is 4.12. The summed E-state index contributed by atoms with van der Waals surface area (Å²) in [5.41, 5.74) is 0.384. The second kappa shape index (κ2) is 6.25. The maximum absolute atomic E-state index is 11.5. The van der Waals surface area contributed by atoms with Crippen LogP contribution in [0.3, 0.4) is 0 Å². The van der Waals surface area contributed by atoms with E-state index in [2.05, 4.69) is 0 Å². The highest BCUT2D eigenvalue weighted by molar-refractivity contribution is 6.30. The molecule has 0 spiro atoms. The molecular weight excluding hydrogens is 242 g/mol. The van der Waals surface area contributed by atoms with Gasteiger partial charge in [-0.05, 0) is 18.2 Å². The third-order valence-electron chi connectivity index (χ3n) is 2.11. The molecule has 0 aliphatic heterocycles. The van der Waals surface area contributed by atoms with Gasteiger partial charge in [0.1, 0.15) is 6.61 Å². The molecule has 0 heterocycles. The number of halogens is 1. The summed E-state index contributed by atoms with van der Waals surface area (Å²) in [6.07, 6.45) is 0.180. The zero-order chi connectivity index (χ0) is 12.8. The van der Waals surface area contributed by atoms with Gasteiger partial charge in [-0.2, -0.15) is 0 Å². The summed E-state index contributed by atoms with van der Waals surface area (Å²) in [6.45, 7) is 0.0718. The van der Waals surface area contributed by atoms with Crippen molar-refractivity contribution >= 4 is 23.5 Å². The number of ether oxygens (including phenoxy) is 1. The number of esters is 1. The molecule has 0 unspecified atom stereocenters. The van der Waals surface area contributed by atoms with Crippen molar-refractivity contribution in [1.29, 1.82) is 0 Å². The molecule has 0 N–H and O–H groups in total.